The van der Waals surface area contributed by atoms with Crippen molar-refractivity contribution in [3.63, 3.8) is 0 Å². The summed E-state index contributed by atoms with van der Waals surface area (Å²) in [5.74, 6) is 0.873. The smallest absolute Gasteiger partial charge is 0.119 e. The van der Waals surface area contributed by atoms with Crippen LogP contribution in [0.25, 0.3) is 0 Å². The molecule has 0 radical (unpaired) electrons. The van der Waals surface area contributed by atoms with Gasteiger partial charge in [-0.15, -0.1) is 0 Å². The summed E-state index contributed by atoms with van der Waals surface area (Å²) in [5, 5.41) is 1.21. The van der Waals surface area contributed by atoms with Gasteiger partial charge in [0.15, 0.2) is 0 Å². The molecule has 1 aliphatic heterocycles. The molecule has 1 heterocycles. The Morgan fingerprint density at radius 1 is 1.08 bits per heavy atom. The van der Waals surface area contributed by atoms with E-state index in [-0.39, 0.29) is 0 Å². The minimum atomic E-state index is 0.677. The zero-order valence-corrected chi connectivity index (χ0v) is 14.7. The Labute approximate surface area is 147 Å². The van der Waals surface area contributed by atoms with E-state index >= 15 is 0 Å². The van der Waals surface area contributed by atoms with Crippen LogP contribution in [-0.4, -0.2) is 19.9 Å². The lowest BCUT2D eigenvalue weighted by atomic mass is 10.3. The monoisotopic (exact) mass is 336 g/mol. The number of ether oxygens (including phenoxy) is 1. The number of benzene rings is 2. The number of thioether (sulfide) groups is 1. The van der Waals surface area contributed by atoms with Gasteiger partial charge in [-0.2, -0.15) is 0 Å². The number of aliphatic imine (C=N–C) groups is 1. The highest BCUT2D eigenvalue weighted by Gasteiger charge is 2.20. The minimum absolute atomic E-state index is 0.677. The highest BCUT2D eigenvalue weighted by atomic mass is 32.2. The lowest BCUT2D eigenvalue weighted by Gasteiger charge is -2.12. The molecule has 0 saturated heterocycles. The molecule has 0 atom stereocenters. The van der Waals surface area contributed by atoms with Crippen molar-refractivity contribution in [3.05, 3.63) is 71.8 Å². The Balaban J connectivity index is 1.59. The Kier molecular flexibility index (Phi) is 5.39. The summed E-state index contributed by atoms with van der Waals surface area (Å²) < 4.78 is 5.42. The van der Waals surface area contributed by atoms with Crippen LogP contribution < -0.4 is 9.64 Å². The molecule has 0 amide bonds. The Bertz CT molecular complexity index is 778. The summed E-state index contributed by atoms with van der Waals surface area (Å²) >= 11 is 1.78. The zero-order valence-electron chi connectivity index (χ0n) is 13.8. The van der Waals surface area contributed by atoms with E-state index in [0.29, 0.717) is 6.61 Å². The molecular weight excluding hydrogens is 316 g/mol. The molecule has 24 heavy (non-hydrogen) atoms. The van der Waals surface area contributed by atoms with Crippen molar-refractivity contribution < 1.29 is 4.74 Å². The van der Waals surface area contributed by atoms with E-state index in [0.717, 1.165) is 11.4 Å². The van der Waals surface area contributed by atoms with E-state index < -0.39 is 0 Å². The zero-order chi connectivity index (χ0) is 16.8. The van der Waals surface area contributed by atoms with Crippen molar-refractivity contribution in [1.29, 1.82) is 0 Å². The molecule has 2 aromatic rings. The first-order chi connectivity index (χ1) is 11.8. The first-order valence-electron chi connectivity index (χ1n) is 7.92. The van der Waals surface area contributed by atoms with Gasteiger partial charge in [-0.05, 0) is 55.5 Å². The van der Waals surface area contributed by atoms with Gasteiger partial charge in [-0.25, -0.2) is 0 Å². The maximum absolute atomic E-state index is 5.42. The standard InChI is InChI=1S/C20H20N2OS/c1-3-23-17-13-11-16(12-14-17)21-15-7-6-10-20-22(2)18-8-4-5-9-19(18)24-20/h4-15H,3H2,1-2H3. The number of para-hydroxylation sites is 1. The summed E-state index contributed by atoms with van der Waals surface area (Å²) in [5.41, 5.74) is 2.17. The van der Waals surface area contributed by atoms with Crippen LogP contribution in [0.2, 0.25) is 0 Å². The SMILES string of the molecule is CCOc1ccc(N=CC=CC=C2Sc3ccccc3N2C)cc1. The number of fused-ring (bicyclic) bond motifs is 1. The molecule has 0 fully saturated rings. The van der Waals surface area contributed by atoms with Crippen LogP contribution >= 0.6 is 11.8 Å². The first kappa shape index (κ1) is 16.4. The van der Waals surface area contributed by atoms with Crippen LogP contribution in [0.5, 0.6) is 5.75 Å². The van der Waals surface area contributed by atoms with Gasteiger partial charge in [-0.3, -0.25) is 4.99 Å². The predicted molar refractivity (Wildman–Crippen MR) is 104 cm³/mol. The molecule has 0 bridgehead atoms. The first-order valence-corrected chi connectivity index (χ1v) is 8.74. The number of allylic oxidation sites excluding steroid dienone is 3. The largest absolute Gasteiger partial charge is 0.494 e. The Hall–Kier alpha value is -2.46. The molecule has 0 aromatic heterocycles. The fourth-order valence-electron chi connectivity index (χ4n) is 2.38. The summed E-state index contributed by atoms with van der Waals surface area (Å²) in [6.07, 6.45) is 7.87. The number of hydrogen-bond donors (Lipinski definition) is 0. The second kappa shape index (κ2) is 7.88. The van der Waals surface area contributed by atoms with E-state index in [9.17, 15) is 0 Å². The van der Waals surface area contributed by atoms with E-state index in [1.165, 1.54) is 15.6 Å². The van der Waals surface area contributed by atoms with Crippen molar-refractivity contribution in [3.8, 4) is 5.75 Å². The number of hydrogen-bond acceptors (Lipinski definition) is 4. The number of rotatable bonds is 5. The third kappa shape index (κ3) is 3.89. The van der Waals surface area contributed by atoms with Gasteiger partial charge in [0.1, 0.15) is 5.75 Å². The molecule has 3 rings (SSSR count). The molecule has 4 heteroatoms. The molecule has 0 unspecified atom stereocenters. The summed E-state index contributed by atoms with van der Waals surface area (Å²) in [4.78, 5) is 7.91. The third-order valence-electron chi connectivity index (χ3n) is 3.58. The fourth-order valence-corrected chi connectivity index (χ4v) is 3.44. The molecule has 122 valence electrons. The van der Waals surface area contributed by atoms with Crippen LogP contribution in [0.3, 0.4) is 0 Å². The Morgan fingerprint density at radius 2 is 1.88 bits per heavy atom. The summed E-state index contributed by atoms with van der Waals surface area (Å²) in [6, 6.07) is 16.2. The van der Waals surface area contributed by atoms with E-state index in [1.54, 1.807) is 18.0 Å². The van der Waals surface area contributed by atoms with Gasteiger partial charge in [0.25, 0.3) is 0 Å². The average molecular weight is 336 g/mol. The summed E-state index contributed by atoms with van der Waals surface area (Å²) in [6.45, 7) is 2.65. The molecule has 0 spiro atoms. The lowest BCUT2D eigenvalue weighted by molar-refractivity contribution is 0.340. The van der Waals surface area contributed by atoms with Crippen molar-refractivity contribution in [2.75, 3.05) is 18.6 Å². The number of nitrogens with zero attached hydrogens (tertiary/aromatic N) is 2. The second-order valence-corrected chi connectivity index (χ2v) is 6.29. The van der Waals surface area contributed by atoms with Crippen LogP contribution in [0.1, 0.15) is 6.92 Å². The van der Waals surface area contributed by atoms with Gasteiger partial charge >= 0.3 is 0 Å². The van der Waals surface area contributed by atoms with E-state index in [1.807, 2.05) is 43.3 Å². The van der Waals surface area contributed by atoms with Crippen molar-refractivity contribution in [1.82, 2.24) is 0 Å². The minimum Gasteiger partial charge on any atom is -0.494 e. The van der Waals surface area contributed by atoms with Gasteiger partial charge in [0.2, 0.25) is 0 Å². The second-order valence-electron chi connectivity index (χ2n) is 5.22. The van der Waals surface area contributed by atoms with Crippen molar-refractivity contribution >= 4 is 29.4 Å². The topological polar surface area (TPSA) is 24.8 Å². The molecule has 0 aliphatic carbocycles. The van der Waals surface area contributed by atoms with Crippen molar-refractivity contribution in [2.45, 2.75) is 11.8 Å². The van der Waals surface area contributed by atoms with Gasteiger partial charge in [0.05, 0.1) is 23.0 Å². The average Bonchev–Trinajstić information content (AvgIpc) is 2.93. The Morgan fingerprint density at radius 3 is 2.62 bits per heavy atom. The molecule has 0 N–H and O–H groups in total. The molecular formula is C20H20N2OS. The van der Waals surface area contributed by atoms with Crippen LogP contribution in [0.4, 0.5) is 11.4 Å². The highest BCUT2D eigenvalue weighted by molar-refractivity contribution is 8.03. The highest BCUT2D eigenvalue weighted by Crippen LogP contribution is 2.44. The fraction of sp³-hybridized carbons (Fsp3) is 0.150. The van der Waals surface area contributed by atoms with Gasteiger partial charge < -0.3 is 9.64 Å². The summed E-state index contributed by atoms with van der Waals surface area (Å²) in [7, 11) is 2.09. The molecule has 3 nitrogen and oxygen atoms in total. The lowest BCUT2D eigenvalue weighted by Crippen LogP contribution is -2.08. The molecule has 1 aliphatic rings. The maximum Gasteiger partial charge on any atom is 0.119 e. The van der Waals surface area contributed by atoms with Gasteiger partial charge in [-0.1, -0.05) is 30.0 Å². The molecule has 0 saturated carbocycles. The van der Waals surface area contributed by atoms with E-state index in [4.69, 9.17) is 4.74 Å². The maximum atomic E-state index is 5.42. The van der Waals surface area contributed by atoms with Crippen LogP contribution in [0.15, 0.2) is 81.7 Å². The normalized spacial score (nSPS) is 15.6. The number of anilines is 1. The van der Waals surface area contributed by atoms with Crippen LogP contribution in [-0.2, 0) is 0 Å². The van der Waals surface area contributed by atoms with Gasteiger partial charge in [0, 0.05) is 18.2 Å². The van der Waals surface area contributed by atoms with Crippen molar-refractivity contribution in [2.24, 2.45) is 4.99 Å². The predicted octanol–water partition coefficient (Wildman–Crippen LogP) is 5.43. The quantitative estimate of drug-likeness (QED) is 0.681. The molecule has 2 aromatic carbocycles. The third-order valence-corrected chi connectivity index (χ3v) is 4.76. The van der Waals surface area contributed by atoms with Crippen LogP contribution in [0, 0.1) is 0 Å². The van der Waals surface area contributed by atoms with E-state index in [2.05, 4.69) is 47.3 Å².